The number of rotatable bonds is 6. The molecular weight excluding hydrogens is 430 g/mol. The molecule has 7 nitrogen and oxygen atoms in total. The number of ketones is 1. The Morgan fingerprint density at radius 2 is 2.09 bits per heavy atom. The molecule has 1 aromatic heterocycles. The van der Waals surface area contributed by atoms with E-state index in [1.165, 1.54) is 12.4 Å². The van der Waals surface area contributed by atoms with E-state index in [4.69, 9.17) is 5.26 Å². The molecule has 9 heteroatoms. The molecule has 0 radical (unpaired) electrons. The average Bonchev–Trinajstić information content (AvgIpc) is 3.34. The molecule has 1 saturated heterocycles. The number of benzene rings is 1. The average molecular weight is 450 g/mol. The third kappa shape index (κ3) is 4.80. The number of hydrogen-bond acceptors (Lipinski definition) is 5. The Balaban J connectivity index is 1.43. The SMILES string of the molecule is N#C[C@@H]1CC(F)(F)CN1C(=O)CCC(=O)c1ccncc1/C=C/c1ccc2c(c1)CNC2=O. The van der Waals surface area contributed by atoms with Crippen LogP contribution < -0.4 is 5.32 Å². The molecule has 4 rings (SSSR count). The molecule has 33 heavy (non-hydrogen) atoms. The van der Waals surface area contributed by atoms with Crippen molar-refractivity contribution in [3.05, 3.63) is 64.5 Å². The quantitative estimate of drug-likeness (QED) is 0.681. The Hall–Kier alpha value is -3.93. The first kappa shape index (κ1) is 22.3. The van der Waals surface area contributed by atoms with Crippen LogP contribution in [0.3, 0.4) is 0 Å². The molecule has 0 unspecified atom stereocenters. The van der Waals surface area contributed by atoms with E-state index in [2.05, 4.69) is 10.3 Å². The van der Waals surface area contributed by atoms with Gasteiger partial charge in [0.25, 0.3) is 11.8 Å². The third-order valence-corrected chi connectivity index (χ3v) is 5.73. The molecule has 168 valence electrons. The van der Waals surface area contributed by atoms with Gasteiger partial charge < -0.3 is 10.2 Å². The lowest BCUT2D eigenvalue weighted by molar-refractivity contribution is -0.132. The fraction of sp³-hybridized carbons (Fsp3) is 0.292. The van der Waals surface area contributed by atoms with E-state index in [1.807, 2.05) is 6.07 Å². The van der Waals surface area contributed by atoms with E-state index in [1.54, 1.807) is 36.4 Å². The van der Waals surface area contributed by atoms with Gasteiger partial charge in [0, 0.05) is 54.9 Å². The summed E-state index contributed by atoms with van der Waals surface area (Å²) in [4.78, 5) is 41.7. The second-order valence-corrected chi connectivity index (χ2v) is 8.05. The second kappa shape index (κ2) is 8.90. The fourth-order valence-electron chi connectivity index (χ4n) is 4.03. The largest absolute Gasteiger partial charge is 0.348 e. The van der Waals surface area contributed by atoms with Gasteiger partial charge in [0.05, 0.1) is 12.6 Å². The van der Waals surface area contributed by atoms with Gasteiger partial charge in [-0.1, -0.05) is 18.2 Å². The second-order valence-electron chi connectivity index (χ2n) is 8.05. The number of nitriles is 1. The van der Waals surface area contributed by atoms with Crippen LogP contribution in [0.25, 0.3) is 12.2 Å². The number of likely N-dealkylation sites (tertiary alicyclic amines) is 1. The summed E-state index contributed by atoms with van der Waals surface area (Å²) in [5.41, 5.74) is 3.29. The summed E-state index contributed by atoms with van der Waals surface area (Å²) in [7, 11) is 0. The third-order valence-electron chi connectivity index (χ3n) is 5.73. The molecule has 2 aliphatic heterocycles. The molecular formula is C24H20F2N4O3. The van der Waals surface area contributed by atoms with Gasteiger partial charge in [0.1, 0.15) is 6.04 Å². The fourth-order valence-corrected chi connectivity index (χ4v) is 4.03. The molecule has 0 aliphatic carbocycles. The van der Waals surface area contributed by atoms with Crippen LogP contribution in [0.2, 0.25) is 0 Å². The first-order chi connectivity index (χ1) is 15.8. The predicted octanol–water partition coefficient (Wildman–Crippen LogP) is 3.22. The maximum absolute atomic E-state index is 13.6. The van der Waals surface area contributed by atoms with Crippen LogP contribution in [0.15, 0.2) is 36.7 Å². The maximum Gasteiger partial charge on any atom is 0.268 e. The number of carbonyl (C=O) groups is 3. The van der Waals surface area contributed by atoms with Crippen molar-refractivity contribution in [2.75, 3.05) is 6.54 Å². The lowest BCUT2D eigenvalue weighted by Gasteiger charge is -2.18. The summed E-state index contributed by atoms with van der Waals surface area (Å²) in [5.74, 6) is -4.16. The van der Waals surface area contributed by atoms with Gasteiger partial charge in [-0.15, -0.1) is 0 Å². The molecule has 1 atom stereocenters. The number of fused-ring (bicyclic) bond motifs is 1. The summed E-state index contributed by atoms with van der Waals surface area (Å²) in [6, 6.07) is 7.52. The molecule has 1 fully saturated rings. The van der Waals surface area contributed by atoms with Crippen LogP contribution in [-0.2, 0) is 11.3 Å². The van der Waals surface area contributed by atoms with Crippen LogP contribution in [0, 0.1) is 11.3 Å². The highest BCUT2D eigenvalue weighted by Gasteiger charge is 2.47. The monoisotopic (exact) mass is 450 g/mol. The number of nitrogens with one attached hydrogen (secondary N) is 1. The zero-order valence-electron chi connectivity index (χ0n) is 17.6. The topological polar surface area (TPSA) is 103 Å². The van der Waals surface area contributed by atoms with Gasteiger partial charge in [0.15, 0.2) is 5.78 Å². The minimum Gasteiger partial charge on any atom is -0.348 e. The van der Waals surface area contributed by atoms with E-state index in [0.29, 0.717) is 23.2 Å². The number of alkyl halides is 2. The van der Waals surface area contributed by atoms with E-state index < -0.39 is 30.8 Å². The van der Waals surface area contributed by atoms with E-state index in [0.717, 1.165) is 16.0 Å². The Morgan fingerprint density at radius 1 is 1.27 bits per heavy atom. The lowest BCUT2D eigenvalue weighted by atomic mass is 10.0. The molecule has 0 bridgehead atoms. The normalized spacial score (nSPS) is 18.8. The number of Topliss-reactive ketones (excluding diaryl/α,β-unsaturated/α-hetero) is 1. The number of carbonyl (C=O) groups excluding carboxylic acids is 3. The van der Waals surface area contributed by atoms with Crippen LogP contribution in [0.4, 0.5) is 8.78 Å². The summed E-state index contributed by atoms with van der Waals surface area (Å²) >= 11 is 0. The molecule has 1 N–H and O–H groups in total. The van der Waals surface area contributed by atoms with Crippen molar-refractivity contribution in [2.24, 2.45) is 0 Å². The first-order valence-corrected chi connectivity index (χ1v) is 10.4. The number of aromatic nitrogens is 1. The number of halogens is 2. The number of amides is 2. The summed E-state index contributed by atoms with van der Waals surface area (Å²) in [6.45, 7) is -0.334. The molecule has 0 saturated carbocycles. The van der Waals surface area contributed by atoms with Gasteiger partial charge in [-0.2, -0.15) is 5.26 Å². The molecule has 2 aliphatic rings. The summed E-state index contributed by atoms with van der Waals surface area (Å²) in [5, 5.41) is 11.8. The predicted molar refractivity (Wildman–Crippen MR) is 115 cm³/mol. The Labute approximate surface area is 188 Å². The van der Waals surface area contributed by atoms with E-state index in [-0.39, 0.29) is 24.5 Å². The highest BCUT2D eigenvalue weighted by molar-refractivity contribution is 6.01. The van der Waals surface area contributed by atoms with Crippen LogP contribution in [0.1, 0.15) is 56.7 Å². The highest BCUT2D eigenvalue weighted by atomic mass is 19.3. The molecule has 2 aromatic rings. The zero-order valence-corrected chi connectivity index (χ0v) is 17.6. The standard InChI is InChI=1S/C24H20F2N4O3/c25-24(26)10-18(11-27)30(14-24)22(32)6-5-21(31)19-7-8-28-12-16(19)3-1-15-2-4-20-17(9-15)13-29-23(20)33/h1-4,7-9,12,18H,5-6,10,13-14H2,(H,29,33)/b3-1+/t18-/m0/s1. The van der Waals surface area contributed by atoms with Gasteiger partial charge in [0.2, 0.25) is 5.91 Å². The summed E-state index contributed by atoms with van der Waals surface area (Å²) < 4.78 is 27.2. The number of nitrogens with zero attached hydrogens (tertiary/aromatic N) is 3. The first-order valence-electron chi connectivity index (χ1n) is 10.4. The van der Waals surface area contributed by atoms with Gasteiger partial charge >= 0.3 is 0 Å². The van der Waals surface area contributed by atoms with Crippen LogP contribution in [-0.4, -0.2) is 46.0 Å². The minimum atomic E-state index is -3.09. The van der Waals surface area contributed by atoms with Gasteiger partial charge in [-0.3, -0.25) is 19.4 Å². The zero-order chi connectivity index (χ0) is 23.6. The minimum absolute atomic E-state index is 0.103. The van der Waals surface area contributed by atoms with Crippen molar-refractivity contribution < 1.29 is 23.2 Å². The van der Waals surface area contributed by atoms with E-state index >= 15 is 0 Å². The number of hydrogen-bond donors (Lipinski definition) is 1. The van der Waals surface area contributed by atoms with Crippen molar-refractivity contribution in [1.82, 2.24) is 15.2 Å². The molecule has 2 amide bonds. The lowest BCUT2D eigenvalue weighted by Crippen LogP contribution is -2.36. The van der Waals surface area contributed by atoms with Gasteiger partial charge in [-0.25, -0.2) is 8.78 Å². The van der Waals surface area contributed by atoms with Gasteiger partial charge in [-0.05, 0) is 29.3 Å². The van der Waals surface area contributed by atoms with Crippen molar-refractivity contribution in [1.29, 1.82) is 5.26 Å². The highest BCUT2D eigenvalue weighted by Crippen LogP contribution is 2.32. The summed E-state index contributed by atoms with van der Waals surface area (Å²) in [6.07, 6.45) is 5.39. The van der Waals surface area contributed by atoms with Crippen LogP contribution >= 0.6 is 0 Å². The number of pyridine rings is 1. The van der Waals surface area contributed by atoms with E-state index in [9.17, 15) is 23.2 Å². The molecule has 1 aromatic carbocycles. The molecule has 3 heterocycles. The van der Waals surface area contributed by atoms with Crippen molar-refractivity contribution >= 4 is 29.7 Å². The van der Waals surface area contributed by atoms with Crippen molar-refractivity contribution in [3.63, 3.8) is 0 Å². The Morgan fingerprint density at radius 3 is 2.88 bits per heavy atom. The van der Waals surface area contributed by atoms with Crippen molar-refractivity contribution in [2.45, 2.75) is 37.8 Å². The van der Waals surface area contributed by atoms with Crippen LogP contribution in [0.5, 0.6) is 0 Å². The smallest absolute Gasteiger partial charge is 0.268 e. The molecule has 0 spiro atoms. The Bertz CT molecular complexity index is 1200. The Kier molecular flexibility index (Phi) is 6.01. The maximum atomic E-state index is 13.6. The van der Waals surface area contributed by atoms with Crippen molar-refractivity contribution in [3.8, 4) is 6.07 Å².